The van der Waals surface area contributed by atoms with Crippen molar-refractivity contribution in [3.8, 4) is 11.5 Å². The van der Waals surface area contributed by atoms with Gasteiger partial charge in [0.1, 0.15) is 0 Å². The molecule has 2 N–H and O–H groups in total. The Kier molecular flexibility index (Phi) is 2.11. The van der Waals surface area contributed by atoms with Gasteiger partial charge in [0, 0.05) is 0 Å². The summed E-state index contributed by atoms with van der Waals surface area (Å²) < 4.78 is 10.2. The minimum absolute atomic E-state index is 0.141. The summed E-state index contributed by atoms with van der Waals surface area (Å²) in [6.07, 6.45) is -0.936. The van der Waals surface area contributed by atoms with Crippen LogP contribution in [0.3, 0.4) is 0 Å². The van der Waals surface area contributed by atoms with Crippen LogP contribution in [0, 0.1) is 0 Å². The van der Waals surface area contributed by atoms with E-state index in [1.165, 1.54) is 6.07 Å². The first kappa shape index (κ1) is 10.5. The van der Waals surface area contributed by atoms with Crippen LogP contribution in [-0.4, -0.2) is 17.5 Å². The van der Waals surface area contributed by atoms with Crippen LogP contribution in [0.4, 0.5) is 4.79 Å². The van der Waals surface area contributed by atoms with Crippen molar-refractivity contribution in [1.82, 2.24) is 0 Å². The largest absolute Gasteiger partial charge is 0.475 e. The molecule has 0 bridgehead atoms. The van der Waals surface area contributed by atoms with Crippen molar-refractivity contribution in [1.29, 1.82) is 0 Å². The highest BCUT2D eigenvalue weighted by atomic mass is 16.6. The highest BCUT2D eigenvalue weighted by molar-refractivity contribution is 6.07. The van der Waals surface area contributed by atoms with E-state index in [-0.39, 0.29) is 17.3 Å². The van der Waals surface area contributed by atoms with E-state index in [2.05, 4.69) is 0 Å². The van der Waals surface area contributed by atoms with Crippen molar-refractivity contribution in [3.63, 3.8) is 0 Å². The fourth-order valence-electron chi connectivity index (χ4n) is 1.61. The number of benzene rings is 1. The molecule has 0 saturated carbocycles. The third-order valence-corrected chi connectivity index (χ3v) is 2.34. The molecule has 1 heterocycles. The summed E-state index contributed by atoms with van der Waals surface area (Å²) >= 11 is 0. The van der Waals surface area contributed by atoms with Crippen molar-refractivity contribution in [2.24, 2.45) is 5.73 Å². The molecule has 5 nitrogen and oxygen atoms in total. The smallest absolute Gasteiger partial charge is 0.410 e. The van der Waals surface area contributed by atoms with Crippen molar-refractivity contribution in [2.75, 3.05) is 0 Å². The first-order valence-electron chi connectivity index (χ1n) is 4.76. The lowest BCUT2D eigenvalue weighted by Gasteiger charge is -2.15. The highest BCUT2D eigenvalue weighted by Gasteiger charge is 2.41. The Bertz CT molecular complexity index is 479. The number of amides is 1. The number of hydrogen-bond acceptors (Lipinski definition) is 4. The summed E-state index contributed by atoms with van der Waals surface area (Å²) in [4.78, 5) is 22.5. The van der Waals surface area contributed by atoms with E-state index in [0.29, 0.717) is 5.56 Å². The summed E-state index contributed by atoms with van der Waals surface area (Å²) in [6, 6.07) is 4.76. The van der Waals surface area contributed by atoms with Gasteiger partial charge in [0.25, 0.3) is 0 Å². The molecule has 0 aromatic heterocycles. The average Bonchev–Trinajstić information content (AvgIpc) is 2.40. The number of rotatable bonds is 1. The molecule has 1 amide bonds. The zero-order chi connectivity index (χ0) is 11.9. The average molecular weight is 221 g/mol. The molecule has 1 aromatic carbocycles. The van der Waals surface area contributed by atoms with Crippen molar-refractivity contribution >= 4 is 11.9 Å². The monoisotopic (exact) mass is 221 g/mol. The lowest BCUT2D eigenvalue weighted by molar-refractivity contribution is 0.0680. The van der Waals surface area contributed by atoms with E-state index < -0.39 is 11.7 Å². The van der Waals surface area contributed by atoms with Gasteiger partial charge in [-0.15, -0.1) is 0 Å². The molecule has 0 fully saturated rings. The van der Waals surface area contributed by atoms with Crippen LogP contribution in [0.2, 0.25) is 0 Å². The summed E-state index contributed by atoms with van der Waals surface area (Å²) in [5.41, 5.74) is 4.39. The number of carbonyl (C=O) groups excluding carboxylic acids is 2. The number of primary amides is 1. The molecule has 0 atom stereocenters. The molecule has 1 aromatic rings. The Balaban J connectivity index is 2.49. The Morgan fingerprint density at radius 2 is 2.12 bits per heavy atom. The molecule has 0 spiro atoms. The first-order valence-corrected chi connectivity index (χ1v) is 4.76. The SMILES string of the molecule is CC1(C)Oc2c(OC(N)=O)cccc2C1=O. The number of ether oxygens (including phenoxy) is 2. The number of hydrogen-bond donors (Lipinski definition) is 1. The van der Waals surface area contributed by atoms with Crippen LogP contribution in [0.15, 0.2) is 18.2 Å². The van der Waals surface area contributed by atoms with Gasteiger partial charge in [-0.25, -0.2) is 4.79 Å². The van der Waals surface area contributed by atoms with Crippen LogP contribution in [-0.2, 0) is 0 Å². The molecule has 1 aliphatic rings. The van der Waals surface area contributed by atoms with Crippen LogP contribution < -0.4 is 15.2 Å². The molecule has 0 radical (unpaired) electrons. The van der Waals surface area contributed by atoms with Gasteiger partial charge in [0.05, 0.1) is 5.56 Å². The van der Waals surface area contributed by atoms with E-state index >= 15 is 0 Å². The Hall–Kier alpha value is -2.04. The summed E-state index contributed by atoms with van der Waals surface area (Å²) in [5, 5.41) is 0. The molecule has 0 aliphatic carbocycles. The molecule has 16 heavy (non-hydrogen) atoms. The van der Waals surface area contributed by atoms with Crippen molar-refractivity contribution in [2.45, 2.75) is 19.4 Å². The van der Waals surface area contributed by atoms with Crippen molar-refractivity contribution in [3.05, 3.63) is 23.8 Å². The van der Waals surface area contributed by atoms with Gasteiger partial charge in [0.2, 0.25) is 5.78 Å². The van der Waals surface area contributed by atoms with E-state index in [1.54, 1.807) is 26.0 Å². The maximum absolute atomic E-state index is 11.9. The van der Waals surface area contributed by atoms with Gasteiger partial charge in [-0.1, -0.05) is 6.07 Å². The maximum atomic E-state index is 11.9. The summed E-state index contributed by atoms with van der Waals surface area (Å²) in [7, 11) is 0. The number of Topliss-reactive ketones (excluding diaryl/α,β-unsaturated/α-hetero) is 1. The Labute approximate surface area is 92.1 Å². The van der Waals surface area contributed by atoms with Gasteiger partial charge >= 0.3 is 6.09 Å². The number of carbonyl (C=O) groups is 2. The third kappa shape index (κ3) is 1.50. The van der Waals surface area contributed by atoms with Gasteiger partial charge in [0.15, 0.2) is 17.1 Å². The van der Waals surface area contributed by atoms with Crippen LogP contribution in [0.5, 0.6) is 11.5 Å². The second-order valence-corrected chi connectivity index (χ2v) is 4.00. The maximum Gasteiger partial charge on any atom is 0.410 e. The third-order valence-electron chi connectivity index (χ3n) is 2.34. The Morgan fingerprint density at radius 1 is 1.44 bits per heavy atom. The molecule has 84 valence electrons. The quantitative estimate of drug-likeness (QED) is 0.779. The molecular weight excluding hydrogens is 210 g/mol. The fraction of sp³-hybridized carbons (Fsp3) is 0.273. The number of fused-ring (bicyclic) bond motifs is 1. The molecule has 2 rings (SSSR count). The Morgan fingerprint density at radius 3 is 2.75 bits per heavy atom. The lowest BCUT2D eigenvalue weighted by Crippen LogP contribution is -2.32. The predicted molar refractivity (Wildman–Crippen MR) is 55.7 cm³/mol. The van der Waals surface area contributed by atoms with E-state index in [1.807, 2.05) is 0 Å². The van der Waals surface area contributed by atoms with Gasteiger partial charge in [-0.3, -0.25) is 4.79 Å². The predicted octanol–water partition coefficient (Wildman–Crippen LogP) is 1.50. The molecular formula is C11H11NO4. The zero-order valence-electron chi connectivity index (χ0n) is 8.94. The van der Waals surface area contributed by atoms with E-state index in [9.17, 15) is 9.59 Å². The fourth-order valence-corrected chi connectivity index (χ4v) is 1.61. The lowest BCUT2D eigenvalue weighted by atomic mass is 10.00. The van der Waals surface area contributed by atoms with Crippen LogP contribution >= 0.6 is 0 Å². The molecule has 0 unspecified atom stereocenters. The second kappa shape index (κ2) is 3.23. The first-order chi connectivity index (χ1) is 7.42. The molecule has 5 heteroatoms. The standard InChI is InChI=1S/C11H11NO4/c1-11(2)9(13)6-4-3-5-7(8(6)16-11)15-10(12)14/h3-5H,1-2H3,(H2,12,14). The number of nitrogens with two attached hydrogens (primary N) is 1. The van der Waals surface area contributed by atoms with E-state index in [0.717, 1.165) is 0 Å². The van der Waals surface area contributed by atoms with Crippen LogP contribution in [0.25, 0.3) is 0 Å². The molecule has 0 saturated heterocycles. The highest BCUT2D eigenvalue weighted by Crippen LogP contribution is 2.41. The molecule has 1 aliphatic heterocycles. The number of para-hydroxylation sites is 1. The van der Waals surface area contributed by atoms with Gasteiger partial charge in [-0.2, -0.15) is 0 Å². The van der Waals surface area contributed by atoms with Crippen LogP contribution in [0.1, 0.15) is 24.2 Å². The van der Waals surface area contributed by atoms with Gasteiger partial charge < -0.3 is 15.2 Å². The van der Waals surface area contributed by atoms with Crippen molar-refractivity contribution < 1.29 is 19.1 Å². The summed E-state index contributed by atoms with van der Waals surface area (Å²) in [5.74, 6) is 0.303. The topological polar surface area (TPSA) is 78.6 Å². The second-order valence-electron chi connectivity index (χ2n) is 4.00. The normalized spacial score (nSPS) is 16.5. The minimum Gasteiger partial charge on any atom is -0.475 e. The van der Waals surface area contributed by atoms with Gasteiger partial charge in [-0.05, 0) is 26.0 Å². The zero-order valence-corrected chi connectivity index (χ0v) is 8.94. The minimum atomic E-state index is -0.936. The summed E-state index contributed by atoms with van der Waals surface area (Å²) in [6.45, 7) is 3.31. The number of ketones is 1. The van der Waals surface area contributed by atoms with E-state index in [4.69, 9.17) is 15.2 Å².